The first-order chi connectivity index (χ1) is 17.2. The molecule has 1 amide bonds. The first-order valence-electron chi connectivity index (χ1n) is 10.7. The molecule has 0 radical (unpaired) electrons. The van der Waals surface area contributed by atoms with E-state index in [9.17, 15) is 35.9 Å². The maximum Gasteiger partial charge on any atom is 0.435 e. The summed E-state index contributed by atoms with van der Waals surface area (Å²) < 4.78 is 87.5. The molecule has 7 nitrogen and oxygen atoms in total. The number of esters is 1. The van der Waals surface area contributed by atoms with E-state index in [1.165, 1.54) is 30.0 Å². The van der Waals surface area contributed by atoms with Gasteiger partial charge in [0.25, 0.3) is 5.60 Å². The third-order valence-electron chi connectivity index (χ3n) is 5.94. The van der Waals surface area contributed by atoms with Crippen molar-refractivity contribution >= 4 is 29.2 Å². The quantitative estimate of drug-likeness (QED) is 0.430. The SMILES string of the molecule is Cc1cc(C2=NOC(c3cc(Cl)cc(C(F)(F)F)c3)(C(F)(F)F)C2)ccc1C(=O)OCN1CNCC1=O. The Morgan fingerprint density at radius 3 is 2.51 bits per heavy atom. The molecule has 1 N–H and O–H groups in total. The molecule has 0 spiro atoms. The molecule has 2 heterocycles. The molecule has 0 aliphatic carbocycles. The lowest BCUT2D eigenvalue weighted by molar-refractivity contribution is -0.276. The third-order valence-corrected chi connectivity index (χ3v) is 6.16. The van der Waals surface area contributed by atoms with Gasteiger partial charge in [-0.3, -0.25) is 15.0 Å². The Hall–Kier alpha value is -3.32. The highest BCUT2D eigenvalue weighted by molar-refractivity contribution is 6.30. The highest BCUT2D eigenvalue weighted by Crippen LogP contribution is 2.50. The van der Waals surface area contributed by atoms with E-state index in [0.29, 0.717) is 17.7 Å². The number of carbonyl (C=O) groups excluding carboxylic acids is 2. The zero-order valence-corrected chi connectivity index (χ0v) is 19.7. The maximum atomic E-state index is 14.2. The summed E-state index contributed by atoms with van der Waals surface area (Å²) in [6.07, 6.45) is -11.0. The first-order valence-corrected chi connectivity index (χ1v) is 11.1. The molecule has 37 heavy (non-hydrogen) atoms. The second-order valence-corrected chi connectivity index (χ2v) is 8.90. The van der Waals surface area contributed by atoms with Crippen molar-refractivity contribution in [3.63, 3.8) is 0 Å². The van der Waals surface area contributed by atoms with Crippen LogP contribution in [0.5, 0.6) is 0 Å². The number of rotatable bonds is 5. The highest BCUT2D eigenvalue weighted by atomic mass is 35.5. The molecule has 1 saturated heterocycles. The number of benzene rings is 2. The fourth-order valence-corrected chi connectivity index (χ4v) is 4.18. The molecule has 0 saturated carbocycles. The van der Waals surface area contributed by atoms with Crippen molar-refractivity contribution in [3.05, 3.63) is 69.2 Å². The fourth-order valence-electron chi connectivity index (χ4n) is 3.95. The van der Waals surface area contributed by atoms with Crippen LogP contribution in [0.3, 0.4) is 0 Å². The fraction of sp³-hybridized carbons (Fsp3) is 0.348. The van der Waals surface area contributed by atoms with Gasteiger partial charge in [0.2, 0.25) is 5.91 Å². The molecule has 0 aromatic heterocycles. The largest absolute Gasteiger partial charge is 0.441 e. The lowest BCUT2D eigenvalue weighted by atomic mass is 9.85. The zero-order valence-electron chi connectivity index (χ0n) is 19.0. The summed E-state index contributed by atoms with van der Waals surface area (Å²) in [4.78, 5) is 30.1. The van der Waals surface area contributed by atoms with E-state index in [1.54, 1.807) is 0 Å². The van der Waals surface area contributed by atoms with E-state index in [1.807, 2.05) is 0 Å². The van der Waals surface area contributed by atoms with Gasteiger partial charge in [0.1, 0.15) is 0 Å². The van der Waals surface area contributed by atoms with Gasteiger partial charge in [-0.2, -0.15) is 26.3 Å². The summed E-state index contributed by atoms with van der Waals surface area (Å²) in [5.74, 6) is -0.995. The smallest absolute Gasteiger partial charge is 0.435 e. The van der Waals surface area contributed by atoms with Crippen LogP contribution < -0.4 is 5.32 Å². The number of oxime groups is 1. The van der Waals surface area contributed by atoms with Crippen LogP contribution in [0.25, 0.3) is 0 Å². The van der Waals surface area contributed by atoms with Crippen LogP contribution in [0.2, 0.25) is 5.02 Å². The van der Waals surface area contributed by atoms with Gasteiger partial charge >= 0.3 is 18.3 Å². The molecule has 1 atom stereocenters. The second-order valence-electron chi connectivity index (χ2n) is 8.47. The highest BCUT2D eigenvalue weighted by Gasteiger charge is 2.62. The van der Waals surface area contributed by atoms with E-state index in [0.717, 1.165) is 6.07 Å². The van der Waals surface area contributed by atoms with Gasteiger partial charge < -0.3 is 9.57 Å². The van der Waals surface area contributed by atoms with Crippen LogP contribution in [-0.2, 0) is 26.1 Å². The number of halogens is 7. The monoisotopic (exact) mass is 549 g/mol. The van der Waals surface area contributed by atoms with Gasteiger partial charge in [-0.25, -0.2) is 4.79 Å². The summed E-state index contributed by atoms with van der Waals surface area (Å²) in [6.45, 7) is 1.59. The Balaban J connectivity index is 1.58. The van der Waals surface area contributed by atoms with Crippen molar-refractivity contribution in [1.29, 1.82) is 0 Å². The summed E-state index contributed by atoms with van der Waals surface area (Å²) >= 11 is 5.71. The van der Waals surface area contributed by atoms with Gasteiger partial charge in [-0.1, -0.05) is 22.8 Å². The van der Waals surface area contributed by atoms with Crippen molar-refractivity contribution in [2.75, 3.05) is 19.9 Å². The maximum absolute atomic E-state index is 14.2. The number of hydrogen-bond acceptors (Lipinski definition) is 6. The summed E-state index contributed by atoms with van der Waals surface area (Å²) in [5.41, 5.74) is -4.99. The molecule has 0 bridgehead atoms. The number of ether oxygens (including phenoxy) is 1. The molecule has 1 fully saturated rings. The average Bonchev–Trinajstić information content (AvgIpc) is 3.43. The molecular formula is C23H18ClF6N3O4. The predicted octanol–water partition coefficient (Wildman–Crippen LogP) is 4.75. The average molecular weight is 550 g/mol. The third kappa shape index (κ3) is 5.23. The first kappa shape index (κ1) is 26.7. The Labute approximate surface area is 210 Å². The van der Waals surface area contributed by atoms with Crippen LogP contribution in [0, 0.1) is 6.92 Å². The number of carbonyl (C=O) groups is 2. The zero-order chi connectivity index (χ0) is 27.2. The van der Waals surface area contributed by atoms with Crippen LogP contribution in [0.1, 0.15) is 39.0 Å². The lowest BCUT2D eigenvalue weighted by Gasteiger charge is -2.30. The van der Waals surface area contributed by atoms with Gasteiger partial charge in [-0.05, 0) is 48.4 Å². The molecule has 2 aromatic rings. The number of nitrogens with zero attached hydrogens (tertiary/aromatic N) is 2. The van der Waals surface area contributed by atoms with Gasteiger partial charge in [0, 0.05) is 17.0 Å². The van der Waals surface area contributed by atoms with E-state index >= 15 is 0 Å². The molecule has 2 aliphatic heterocycles. The van der Waals surface area contributed by atoms with Crippen LogP contribution in [0.15, 0.2) is 41.6 Å². The molecule has 2 aromatic carbocycles. The van der Waals surface area contributed by atoms with Crippen molar-refractivity contribution < 1.29 is 45.5 Å². The van der Waals surface area contributed by atoms with E-state index in [4.69, 9.17) is 21.2 Å². The standard InChI is InChI=1S/C23H18ClF6N3O4/c1-12-4-13(2-3-17(12)20(35)36-11-33-10-31-9-19(33)34)18-8-21(37-32-18,23(28,29)30)14-5-15(22(25,26)27)7-16(24)6-14/h2-7,31H,8-11H2,1H3. The summed E-state index contributed by atoms with van der Waals surface area (Å²) in [5, 5.41) is 5.79. The van der Waals surface area contributed by atoms with Crippen LogP contribution in [-0.4, -0.2) is 48.6 Å². The molecule has 2 aliphatic rings. The van der Waals surface area contributed by atoms with E-state index in [2.05, 4.69) is 10.5 Å². The molecule has 4 rings (SSSR count). The predicted molar refractivity (Wildman–Crippen MR) is 118 cm³/mol. The Bertz CT molecular complexity index is 1280. The molecule has 1 unspecified atom stereocenters. The minimum atomic E-state index is -5.15. The number of amides is 1. The molecule has 198 valence electrons. The van der Waals surface area contributed by atoms with Gasteiger partial charge in [-0.15, -0.1) is 0 Å². The van der Waals surface area contributed by atoms with Crippen molar-refractivity contribution in [2.24, 2.45) is 5.16 Å². The summed E-state index contributed by atoms with van der Waals surface area (Å²) in [6, 6.07) is 5.63. The number of nitrogens with one attached hydrogen (secondary N) is 1. The lowest BCUT2D eigenvalue weighted by Crippen LogP contribution is -2.43. The normalized spacial score (nSPS) is 20.2. The van der Waals surface area contributed by atoms with Crippen molar-refractivity contribution in [1.82, 2.24) is 10.2 Å². The van der Waals surface area contributed by atoms with Crippen molar-refractivity contribution in [2.45, 2.75) is 31.3 Å². The van der Waals surface area contributed by atoms with Crippen LogP contribution >= 0.6 is 11.6 Å². The molecular weight excluding hydrogens is 532 g/mol. The Morgan fingerprint density at radius 2 is 1.92 bits per heavy atom. The van der Waals surface area contributed by atoms with Gasteiger partial charge in [0.15, 0.2) is 6.73 Å². The number of hydrogen-bond donors (Lipinski definition) is 1. The van der Waals surface area contributed by atoms with Crippen LogP contribution in [0.4, 0.5) is 26.3 Å². The minimum Gasteiger partial charge on any atom is -0.441 e. The second kappa shape index (κ2) is 9.53. The Morgan fingerprint density at radius 1 is 1.19 bits per heavy atom. The number of alkyl halides is 6. The topological polar surface area (TPSA) is 80.2 Å². The Kier molecular flexibility index (Phi) is 6.88. The number of aryl methyl sites for hydroxylation is 1. The van der Waals surface area contributed by atoms with E-state index < -0.39 is 46.5 Å². The van der Waals surface area contributed by atoms with Crippen molar-refractivity contribution in [3.8, 4) is 0 Å². The minimum absolute atomic E-state index is 0.106. The van der Waals surface area contributed by atoms with E-state index in [-0.39, 0.29) is 42.7 Å². The van der Waals surface area contributed by atoms with Gasteiger partial charge in [0.05, 0.1) is 30.1 Å². The molecule has 14 heteroatoms. The summed E-state index contributed by atoms with van der Waals surface area (Å²) in [7, 11) is 0.